The second kappa shape index (κ2) is 15.8. The molecule has 1 aromatic heterocycles. The van der Waals surface area contributed by atoms with Crippen molar-refractivity contribution >= 4 is 16.0 Å². The monoisotopic (exact) mass is 714 g/mol. The number of benzene rings is 5. The predicted molar refractivity (Wildman–Crippen MR) is 204 cm³/mol. The molecule has 0 aliphatic rings. The summed E-state index contributed by atoms with van der Waals surface area (Å²) < 4.78 is 42.9. The second-order valence-corrected chi connectivity index (χ2v) is 15.4. The van der Waals surface area contributed by atoms with Gasteiger partial charge >= 0.3 is 0 Å². The van der Waals surface area contributed by atoms with Gasteiger partial charge in [-0.05, 0) is 75.5 Å². The molecule has 266 valence electrons. The van der Waals surface area contributed by atoms with Crippen LogP contribution in [0.1, 0.15) is 65.0 Å². The van der Waals surface area contributed by atoms with E-state index in [9.17, 15) is 13.2 Å². The largest absolute Gasteiger partial charge is 0.489 e. The van der Waals surface area contributed by atoms with Gasteiger partial charge < -0.3 is 14.6 Å². The lowest BCUT2D eigenvalue weighted by Gasteiger charge is -2.21. The predicted octanol–water partition coefficient (Wildman–Crippen LogP) is 8.88. The molecule has 0 aliphatic carbocycles. The van der Waals surface area contributed by atoms with Crippen molar-refractivity contribution < 1.29 is 27.0 Å². The molecule has 0 saturated heterocycles. The summed E-state index contributed by atoms with van der Waals surface area (Å²) in [5.41, 5.74) is 8.62. The summed E-state index contributed by atoms with van der Waals surface area (Å²) in [6, 6.07) is 44.1. The number of amides is 1. The first-order valence-corrected chi connectivity index (χ1v) is 18.8. The van der Waals surface area contributed by atoms with Crippen molar-refractivity contribution in [3.05, 3.63) is 167 Å². The lowest BCUT2D eigenvalue weighted by Crippen LogP contribution is -2.28. The number of hydrogen-bond acceptors (Lipinski definition) is 6. The van der Waals surface area contributed by atoms with Crippen LogP contribution in [0.5, 0.6) is 5.75 Å². The summed E-state index contributed by atoms with van der Waals surface area (Å²) >= 11 is 0. The molecule has 0 radical (unpaired) electrons. The average molecular weight is 715 g/mol. The molecular formula is C43H42N2O6S. The maximum atomic E-state index is 12.5. The molecule has 0 bridgehead atoms. The van der Waals surface area contributed by atoms with Crippen LogP contribution in [-0.4, -0.2) is 36.3 Å². The summed E-state index contributed by atoms with van der Waals surface area (Å²) in [5, 5.41) is 7.09. The number of carbonyl (C=O) groups excluding carboxylic acids is 1. The fourth-order valence-corrected chi connectivity index (χ4v) is 6.32. The molecule has 5 aromatic carbocycles. The van der Waals surface area contributed by atoms with Gasteiger partial charge in [0.25, 0.3) is 16.0 Å². The third-order valence-electron chi connectivity index (χ3n) is 8.95. The third-order valence-corrected chi connectivity index (χ3v) is 9.67. The fraction of sp³-hybridized carbons (Fsp3) is 0.209. The van der Waals surface area contributed by atoms with E-state index in [2.05, 4.69) is 79.8 Å². The molecule has 0 aliphatic heterocycles. The molecule has 1 atom stereocenters. The van der Waals surface area contributed by atoms with Crippen LogP contribution >= 0.6 is 0 Å². The number of nitrogens with zero attached hydrogens (tertiary/aromatic N) is 1. The van der Waals surface area contributed by atoms with E-state index in [1.807, 2.05) is 72.8 Å². The van der Waals surface area contributed by atoms with Crippen LogP contribution in [0.2, 0.25) is 0 Å². The maximum absolute atomic E-state index is 12.5. The van der Waals surface area contributed by atoms with Gasteiger partial charge in [0.1, 0.15) is 12.4 Å². The summed E-state index contributed by atoms with van der Waals surface area (Å²) in [7, 11) is -4.16. The minimum absolute atomic E-state index is 0.00732. The Hall–Kier alpha value is -5.51. The van der Waals surface area contributed by atoms with Crippen LogP contribution in [0.3, 0.4) is 0 Å². The van der Waals surface area contributed by atoms with Crippen LogP contribution in [0.15, 0.2) is 138 Å². The summed E-state index contributed by atoms with van der Waals surface area (Å²) in [4.78, 5) is 12.5. The maximum Gasteiger partial charge on any atom is 0.266 e. The lowest BCUT2D eigenvalue weighted by molar-refractivity contribution is 0.0956. The van der Waals surface area contributed by atoms with E-state index in [0.717, 1.165) is 44.8 Å². The Bertz CT molecular complexity index is 2210. The fourth-order valence-electron chi connectivity index (χ4n) is 5.96. The molecule has 1 unspecified atom stereocenters. The van der Waals surface area contributed by atoms with Gasteiger partial charge in [0.2, 0.25) is 0 Å². The van der Waals surface area contributed by atoms with Crippen LogP contribution in [0, 0.1) is 0 Å². The van der Waals surface area contributed by atoms with Crippen LogP contribution < -0.4 is 10.1 Å². The zero-order chi connectivity index (χ0) is 36.7. The van der Waals surface area contributed by atoms with Gasteiger partial charge in [-0.15, -0.1) is 0 Å². The number of hydrogen-bond donors (Lipinski definition) is 2. The quantitative estimate of drug-likeness (QED) is 0.115. The van der Waals surface area contributed by atoms with Gasteiger partial charge in [0.15, 0.2) is 5.76 Å². The highest BCUT2D eigenvalue weighted by atomic mass is 32.2. The van der Waals surface area contributed by atoms with E-state index in [1.165, 1.54) is 5.56 Å². The van der Waals surface area contributed by atoms with Gasteiger partial charge in [-0.3, -0.25) is 9.35 Å². The van der Waals surface area contributed by atoms with E-state index >= 15 is 0 Å². The molecule has 0 saturated carbocycles. The van der Waals surface area contributed by atoms with Crippen molar-refractivity contribution in [2.24, 2.45) is 0 Å². The standard InChI is InChI=1S/C43H42N2O6S/c1-43(2,3)37-20-16-33(17-21-37)39(26-30-12-14-34(15-13-30)42(46)44-24-25-52(47,48)49)40-28-41(51-45-40)36-11-7-10-35(27-36)32-18-22-38(23-19-32)50-29-31-8-5-4-6-9-31/h4-23,27-28,39H,24-26,29H2,1-3H3,(H,44,46)(H,47,48,49). The van der Waals surface area contributed by atoms with Crippen molar-refractivity contribution in [3.63, 3.8) is 0 Å². The molecule has 0 fully saturated rings. The van der Waals surface area contributed by atoms with Gasteiger partial charge in [-0.1, -0.05) is 123 Å². The molecule has 6 rings (SSSR count). The summed E-state index contributed by atoms with van der Waals surface area (Å²) in [5.74, 6) is 0.369. The lowest BCUT2D eigenvalue weighted by atomic mass is 9.83. The number of nitrogens with one attached hydrogen (secondary N) is 1. The SMILES string of the molecule is CC(C)(C)c1ccc(C(Cc2ccc(C(=O)NCCS(=O)(=O)O)cc2)c2cc(-c3cccc(-c4ccc(OCc5ccccc5)cc4)c3)on2)cc1. The van der Waals surface area contributed by atoms with Gasteiger partial charge in [0.05, 0.1) is 11.4 Å². The van der Waals surface area contributed by atoms with Crippen molar-refractivity contribution in [2.45, 2.75) is 45.1 Å². The van der Waals surface area contributed by atoms with Gasteiger partial charge in [-0.25, -0.2) is 0 Å². The third kappa shape index (κ3) is 9.63. The van der Waals surface area contributed by atoms with E-state index in [4.69, 9.17) is 13.8 Å². The Labute approximate surface area is 305 Å². The van der Waals surface area contributed by atoms with Crippen molar-refractivity contribution in [1.29, 1.82) is 0 Å². The Morgan fingerprint density at radius 2 is 1.48 bits per heavy atom. The van der Waals surface area contributed by atoms with Gasteiger partial charge in [0, 0.05) is 29.7 Å². The average Bonchev–Trinajstić information content (AvgIpc) is 3.63. The number of aromatic nitrogens is 1. The molecule has 6 aromatic rings. The van der Waals surface area contributed by atoms with E-state index in [-0.39, 0.29) is 17.9 Å². The Kier molecular flexibility index (Phi) is 11.0. The first-order chi connectivity index (χ1) is 24.9. The normalized spacial score (nSPS) is 12.3. The highest BCUT2D eigenvalue weighted by Crippen LogP contribution is 2.34. The highest BCUT2D eigenvalue weighted by Gasteiger charge is 2.22. The van der Waals surface area contributed by atoms with Crippen molar-refractivity contribution in [1.82, 2.24) is 10.5 Å². The topological polar surface area (TPSA) is 119 Å². The highest BCUT2D eigenvalue weighted by molar-refractivity contribution is 7.85. The van der Waals surface area contributed by atoms with E-state index in [0.29, 0.717) is 24.4 Å². The smallest absolute Gasteiger partial charge is 0.266 e. The van der Waals surface area contributed by atoms with E-state index < -0.39 is 21.8 Å². The first kappa shape index (κ1) is 36.3. The number of rotatable bonds is 13. The zero-order valence-corrected chi connectivity index (χ0v) is 30.3. The number of carbonyl (C=O) groups is 1. The molecule has 52 heavy (non-hydrogen) atoms. The molecule has 9 heteroatoms. The molecular weight excluding hydrogens is 673 g/mol. The van der Waals surface area contributed by atoms with Crippen LogP contribution in [0.4, 0.5) is 0 Å². The Morgan fingerprint density at radius 3 is 2.15 bits per heavy atom. The summed E-state index contributed by atoms with van der Waals surface area (Å²) in [6.45, 7) is 6.89. The molecule has 0 spiro atoms. The minimum atomic E-state index is -4.16. The van der Waals surface area contributed by atoms with Crippen LogP contribution in [-0.2, 0) is 28.6 Å². The zero-order valence-electron chi connectivity index (χ0n) is 29.5. The molecule has 1 amide bonds. The minimum Gasteiger partial charge on any atom is -0.489 e. The summed E-state index contributed by atoms with van der Waals surface area (Å²) in [6.07, 6.45) is 0.601. The van der Waals surface area contributed by atoms with Crippen molar-refractivity contribution in [3.8, 4) is 28.2 Å². The first-order valence-electron chi connectivity index (χ1n) is 17.2. The molecule has 2 N–H and O–H groups in total. The van der Waals surface area contributed by atoms with E-state index in [1.54, 1.807) is 12.1 Å². The number of ether oxygens (including phenoxy) is 1. The van der Waals surface area contributed by atoms with Crippen molar-refractivity contribution in [2.75, 3.05) is 12.3 Å². The Morgan fingerprint density at radius 1 is 0.788 bits per heavy atom. The van der Waals surface area contributed by atoms with Gasteiger partial charge in [-0.2, -0.15) is 8.42 Å². The Balaban J connectivity index is 1.21. The second-order valence-electron chi connectivity index (χ2n) is 13.9. The molecule has 1 heterocycles. The molecule has 8 nitrogen and oxygen atoms in total. The van der Waals surface area contributed by atoms with Crippen LogP contribution in [0.25, 0.3) is 22.5 Å².